The van der Waals surface area contributed by atoms with Gasteiger partial charge in [-0.15, -0.1) is 0 Å². The maximum atomic E-state index is 13.1. The van der Waals surface area contributed by atoms with Crippen LogP contribution in [0, 0.1) is 5.92 Å². The number of aliphatic hydroxyl groups is 1. The molecule has 4 heterocycles. The van der Waals surface area contributed by atoms with Crippen molar-refractivity contribution in [3.8, 4) is 0 Å². The standard InChI is InChI=1S/C16H17N3O3S2/c20-9-12-7-19(8-14(12)11-3-5-23-10-11)24(21,22)15-6-18-16-13(15)2-1-4-17-16/h1-6,10,12,14,20H,7-9H2,(H,17,18)/t12-,14+/m1/s1. The van der Waals surface area contributed by atoms with Crippen molar-refractivity contribution in [1.29, 1.82) is 0 Å². The van der Waals surface area contributed by atoms with Crippen molar-refractivity contribution in [3.05, 3.63) is 46.9 Å². The number of nitrogens with one attached hydrogen (secondary N) is 1. The molecule has 1 aliphatic heterocycles. The molecule has 1 fully saturated rings. The molecule has 2 atom stereocenters. The van der Waals surface area contributed by atoms with E-state index in [2.05, 4.69) is 9.97 Å². The van der Waals surface area contributed by atoms with Crippen LogP contribution in [0.3, 0.4) is 0 Å². The highest BCUT2D eigenvalue weighted by molar-refractivity contribution is 7.89. The number of aliphatic hydroxyl groups excluding tert-OH is 1. The lowest BCUT2D eigenvalue weighted by molar-refractivity contribution is 0.223. The highest BCUT2D eigenvalue weighted by Gasteiger charge is 2.40. The topological polar surface area (TPSA) is 86.3 Å². The molecule has 8 heteroatoms. The maximum Gasteiger partial charge on any atom is 0.245 e. The zero-order valence-electron chi connectivity index (χ0n) is 12.8. The van der Waals surface area contributed by atoms with E-state index in [1.54, 1.807) is 29.7 Å². The van der Waals surface area contributed by atoms with Gasteiger partial charge in [0.15, 0.2) is 0 Å². The van der Waals surface area contributed by atoms with Crippen LogP contribution in [0.4, 0.5) is 0 Å². The van der Waals surface area contributed by atoms with Crippen molar-refractivity contribution in [1.82, 2.24) is 14.3 Å². The average molecular weight is 363 g/mol. The fourth-order valence-corrected chi connectivity index (χ4v) is 5.76. The predicted molar refractivity (Wildman–Crippen MR) is 92.5 cm³/mol. The monoisotopic (exact) mass is 363 g/mol. The fraction of sp³-hybridized carbons (Fsp3) is 0.312. The molecule has 1 saturated heterocycles. The number of hydrogen-bond donors (Lipinski definition) is 2. The summed E-state index contributed by atoms with van der Waals surface area (Å²) in [7, 11) is -3.63. The summed E-state index contributed by atoms with van der Waals surface area (Å²) in [6, 6.07) is 5.48. The van der Waals surface area contributed by atoms with Crippen LogP contribution in [0.1, 0.15) is 11.5 Å². The van der Waals surface area contributed by atoms with E-state index in [0.717, 1.165) is 5.56 Å². The molecular formula is C16H17N3O3S2. The molecule has 0 bridgehead atoms. The van der Waals surface area contributed by atoms with Gasteiger partial charge in [0.25, 0.3) is 0 Å². The third kappa shape index (κ3) is 2.46. The maximum absolute atomic E-state index is 13.1. The highest BCUT2D eigenvalue weighted by atomic mass is 32.2. The van der Waals surface area contributed by atoms with Gasteiger partial charge in [0, 0.05) is 49.3 Å². The van der Waals surface area contributed by atoms with E-state index < -0.39 is 10.0 Å². The summed E-state index contributed by atoms with van der Waals surface area (Å²) in [4.78, 5) is 7.31. The molecule has 3 aromatic rings. The van der Waals surface area contributed by atoms with Crippen LogP contribution in [-0.4, -0.2) is 47.5 Å². The summed E-state index contributed by atoms with van der Waals surface area (Å²) in [5.41, 5.74) is 1.65. The van der Waals surface area contributed by atoms with Gasteiger partial charge in [-0.05, 0) is 34.5 Å². The van der Waals surface area contributed by atoms with Crippen molar-refractivity contribution in [2.24, 2.45) is 5.92 Å². The van der Waals surface area contributed by atoms with E-state index in [0.29, 0.717) is 24.1 Å². The van der Waals surface area contributed by atoms with E-state index >= 15 is 0 Å². The number of H-pyrrole nitrogens is 1. The normalized spacial score (nSPS) is 22.4. The van der Waals surface area contributed by atoms with Crippen molar-refractivity contribution < 1.29 is 13.5 Å². The van der Waals surface area contributed by atoms with Gasteiger partial charge in [0.2, 0.25) is 10.0 Å². The minimum absolute atomic E-state index is 0.0258. The largest absolute Gasteiger partial charge is 0.396 e. The number of aromatic amines is 1. The Morgan fingerprint density at radius 2 is 2.25 bits per heavy atom. The lowest BCUT2D eigenvalue weighted by Crippen LogP contribution is -2.29. The van der Waals surface area contributed by atoms with E-state index in [4.69, 9.17) is 0 Å². The van der Waals surface area contributed by atoms with Gasteiger partial charge in [-0.3, -0.25) is 0 Å². The van der Waals surface area contributed by atoms with Crippen molar-refractivity contribution in [2.75, 3.05) is 19.7 Å². The van der Waals surface area contributed by atoms with Crippen LogP contribution < -0.4 is 0 Å². The van der Waals surface area contributed by atoms with E-state index in [1.807, 2.05) is 16.8 Å². The fourth-order valence-electron chi connectivity index (χ4n) is 3.36. The predicted octanol–water partition coefficient (Wildman–Crippen LogP) is 2.02. The smallest absolute Gasteiger partial charge is 0.245 e. The Morgan fingerprint density at radius 3 is 3.00 bits per heavy atom. The van der Waals surface area contributed by atoms with E-state index in [1.165, 1.54) is 10.5 Å². The van der Waals surface area contributed by atoms with Gasteiger partial charge in [-0.25, -0.2) is 13.4 Å². The van der Waals surface area contributed by atoms with Crippen molar-refractivity contribution in [3.63, 3.8) is 0 Å². The molecule has 2 N–H and O–H groups in total. The Morgan fingerprint density at radius 1 is 1.38 bits per heavy atom. The summed E-state index contributed by atoms with van der Waals surface area (Å²) >= 11 is 1.58. The summed E-state index contributed by atoms with van der Waals surface area (Å²) < 4.78 is 27.6. The summed E-state index contributed by atoms with van der Waals surface area (Å²) in [5, 5.41) is 14.3. The molecule has 0 unspecified atom stereocenters. The molecule has 1 aliphatic rings. The van der Waals surface area contributed by atoms with Crippen LogP contribution in [-0.2, 0) is 10.0 Å². The minimum Gasteiger partial charge on any atom is -0.396 e. The number of rotatable bonds is 4. The molecule has 0 radical (unpaired) electrons. The van der Waals surface area contributed by atoms with Gasteiger partial charge in [0.05, 0.1) is 0 Å². The average Bonchev–Trinajstić information content (AvgIpc) is 3.31. The molecule has 0 aromatic carbocycles. The Hall–Kier alpha value is -1.74. The summed E-state index contributed by atoms with van der Waals surface area (Å²) in [5.74, 6) is -0.0583. The first-order valence-electron chi connectivity index (χ1n) is 7.66. The third-order valence-electron chi connectivity index (χ3n) is 4.64. The number of hydrogen-bond acceptors (Lipinski definition) is 5. The first-order valence-corrected chi connectivity index (χ1v) is 10.0. The van der Waals surface area contributed by atoms with Crippen LogP contribution in [0.2, 0.25) is 0 Å². The Labute approximate surface area is 143 Å². The number of pyridine rings is 1. The number of nitrogens with zero attached hydrogens (tertiary/aromatic N) is 2. The molecular weight excluding hydrogens is 346 g/mol. The second-order valence-corrected chi connectivity index (χ2v) is 8.67. The molecule has 24 heavy (non-hydrogen) atoms. The SMILES string of the molecule is O=S(=O)(c1c[nH]c2ncccc12)N1C[C@H](CO)[C@H](c2ccsc2)C1. The van der Waals surface area contributed by atoms with Gasteiger partial charge in [-0.1, -0.05) is 0 Å². The molecule has 3 aromatic heterocycles. The number of sulfonamides is 1. The molecule has 4 rings (SSSR count). The minimum atomic E-state index is -3.63. The van der Waals surface area contributed by atoms with Gasteiger partial charge < -0.3 is 10.1 Å². The Balaban J connectivity index is 1.70. The van der Waals surface area contributed by atoms with Crippen molar-refractivity contribution >= 4 is 32.4 Å². The molecule has 126 valence electrons. The first-order chi connectivity index (χ1) is 11.6. The van der Waals surface area contributed by atoms with Gasteiger partial charge in [0.1, 0.15) is 10.5 Å². The Kier molecular flexibility index (Phi) is 3.92. The molecule has 0 aliphatic carbocycles. The van der Waals surface area contributed by atoms with E-state index in [9.17, 15) is 13.5 Å². The molecule has 0 amide bonds. The van der Waals surface area contributed by atoms with Crippen molar-refractivity contribution in [2.45, 2.75) is 10.8 Å². The molecule has 6 nitrogen and oxygen atoms in total. The molecule has 0 spiro atoms. The number of thiophene rings is 1. The lowest BCUT2D eigenvalue weighted by Gasteiger charge is -2.15. The van der Waals surface area contributed by atoms with Crippen LogP contribution in [0.25, 0.3) is 11.0 Å². The summed E-state index contributed by atoms with van der Waals surface area (Å²) in [6.07, 6.45) is 3.12. The number of aromatic nitrogens is 2. The third-order valence-corrected chi connectivity index (χ3v) is 7.22. The highest BCUT2D eigenvalue weighted by Crippen LogP contribution is 2.37. The first kappa shape index (κ1) is 15.8. The van der Waals surface area contributed by atoms with Crippen LogP contribution in [0.5, 0.6) is 0 Å². The lowest BCUT2D eigenvalue weighted by atomic mass is 9.92. The zero-order valence-corrected chi connectivity index (χ0v) is 14.4. The van der Waals surface area contributed by atoms with Gasteiger partial charge in [-0.2, -0.15) is 15.6 Å². The second-order valence-electron chi connectivity index (χ2n) is 5.98. The zero-order chi connectivity index (χ0) is 16.7. The summed E-state index contributed by atoms with van der Waals surface area (Å²) in [6.45, 7) is 0.686. The van der Waals surface area contributed by atoms with Gasteiger partial charge >= 0.3 is 0 Å². The quantitative estimate of drug-likeness (QED) is 0.742. The van der Waals surface area contributed by atoms with Crippen LogP contribution in [0.15, 0.2) is 46.2 Å². The Bertz CT molecular complexity index is 950. The number of fused-ring (bicyclic) bond motifs is 1. The second kappa shape index (κ2) is 5.96. The molecule has 0 saturated carbocycles. The van der Waals surface area contributed by atoms with Crippen LogP contribution >= 0.6 is 11.3 Å². The van der Waals surface area contributed by atoms with E-state index in [-0.39, 0.29) is 23.3 Å².